The Morgan fingerprint density at radius 2 is 2.11 bits per heavy atom. The highest BCUT2D eigenvalue weighted by molar-refractivity contribution is 5.17. The van der Waals surface area contributed by atoms with Crippen molar-refractivity contribution in [1.29, 1.82) is 0 Å². The van der Waals surface area contributed by atoms with Gasteiger partial charge in [-0.2, -0.15) is 0 Å². The first-order valence-corrected chi connectivity index (χ1v) is 6.59. The third kappa shape index (κ3) is 4.41. The Balaban J connectivity index is 2.12. The second-order valence-corrected chi connectivity index (χ2v) is 4.99. The van der Waals surface area contributed by atoms with E-state index in [9.17, 15) is 0 Å². The zero-order chi connectivity index (χ0) is 13.7. The van der Waals surface area contributed by atoms with Gasteiger partial charge in [0.1, 0.15) is 5.82 Å². The Hall–Kier alpha value is -1.81. The van der Waals surface area contributed by atoms with Crippen LogP contribution in [-0.4, -0.2) is 21.0 Å². The van der Waals surface area contributed by atoms with Crippen LogP contribution in [0.3, 0.4) is 0 Å². The molecule has 0 aliphatic carbocycles. The van der Waals surface area contributed by atoms with Gasteiger partial charge in [0, 0.05) is 37.1 Å². The number of hydrogen-bond donors (Lipinski definition) is 1. The molecule has 0 aliphatic rings. The molecule has 1 N–H and O–H groups in total. The van der Waals surface area contributed by atoms with Crippen molar-refractivity contribution >= 4 is 0 Å². The summed E-state index contributed by atoms with van der Waals surface area (Å²) in [6.45, 7) is 7.05. The van der Waals surface area contributed by atoms with E-state index in [1.807, 2.05) is 31.3 Å². The minimum Gasteiger partial charge on any atom is -0.309 e. The molecule has 0 saturated carbocycles. The van der Waals surface area contributed by atoms with E-state index < -0.39 is 0 Å². The van der Waals surface area contributed by atoms with Crippen molar-refractivity contribution in [3.05, 3.63) is 53.4 Å². The Labute approximate surface area is 114 Å². The maximum absolute atomic E-state index is 4.60. The van der Waals surface area contributed by atoms with Gasteiger partial charge in [-0.3, -0.25) is 4.98 Å². The molecule has 19 heavy (non-hydrogen) atoms. The van der Waals surface area contributed by atoms with Gasteiger partial charge in [0.05, 0.1) is 5.69 Å². The fourth-order valence-corrected chi connectivity index (χ4v) is 1.86. The lowest BCUT2D eigenvalue weighted by Crippen LogP contribution is -2.23. The summed E-state index contributed by atoms with van der Waals surface area (Å²) >= 11 is 0. The number of rotatable bonds is 5. The molecule has 0 spiro atoms. The largest absolute Gasteiger partial charge is 0.309 e. The molecule has 0 atom stereocenters. The van der Waals surface area contributed by atoms with Crippen molar-refractivity contribution in [3.8, 4) is 0 Å². The molecule has 0 saturated heterocycles. The van der Waals surface area contributed by atoms with Crippen LogP contribution >= 0.6 is 0 Å². The third-order valence-electron chi connectivity index (χ3n) is 2.73. The summed E-state index contributed by atoms with van der Waals surface area (Å²) in [5, 5.41) is 3.38. The van der Waals surface area contributed by atoms with Crippen LogP contribution in [0.2, 0.25) is 0 Å². The van der Waals surface area contributed by atoms with E-state index in [2.05, 4.69) is 34.1 Å². The number of pyridine rings is 1. The molecule has 0 aliphatic heterocycles. The van der Waals surface area contributed by atoms with E-state index in [4.69, 9.17) is 0 Å². The van der Waals surface area contributed by atoms with Crippen LogP contribution in [0, 0.1) is 6.92 Å². The van der Waals surface area contributed by atoms with Crippen molar-refractivity contribution in [3.63, 3.8) is 0 Å². The van der Waals surface area contributed by atoms with Gasteiger partial charge < -0.3 is 5.32 Å². The summed E-state index contributed by atoms with van der Waals surface area (Å²) in [5.41, 5.74) is 3.19. The quantitative estimate of drug-likeness (QED) is 0.891. The van der Waals surface area contributed by atoms with E-state index >= 15 is 0 Å². The fourth-order valence-electron chi connectivity index (χ4n) is 1.86. The number of aromatic nitrogens is 3. The Bertz CT molecular complexity index is 523. The number of nitrogens with zero attached hydrogens (tertiary/aromatic N) is 3. The summed E-state index contributed by atoms with van der Waals surface area (Å²) < 4.78 is 0. The molecule has 0 aromatic carbocycles. The van der Waals surface area contributed by atoms with Gasteiger partial charge in [-0.1, -0.05) is 19.9 Å². The summed E-state index contributed by atoms with van der Waals surface area (Å²) in [6.07, 6.45) is 4.36. The zero-order valence-electron chi connectivity index (χ0n) is 11.7. The zero-order valence-corrected chi connectivity index (χ0v) is 11.7. The van der Waals surface area contributed by atoms with Crippen molar-refractivity contribution in [2.45, 2.75) is 39.8 Å². The van der Waals surface area contributed by atoms with Crippen molar-refractivity contribution in [2.24, 2.45) is 0 Å². The van der Waals surface area contributed by atoms with Crippen molar-refractivity contribution in [1.82, 2.24) is 20.3 Å². The Kier molecular flexibility index (Phi) is 4.58. The van der Waals surface area contributed by atoms with Gasteiger partial charge in [0.2, 0.25) is 0 Å². The topological polar surface area (TPSA) is 50.7 Å². The van der Waals surface area contributed by atoms with Gasteiger partial charge in [-0.05, 0) is 24.6 Å². The molecule has 100 valence electrons. The highest BCUT2D eigenvalue weighted by Crippen LogP contribution is 2.07. The molecule has 0 amide bonds. The molecule has 2 heterocycles. The number of nitrogens with one attached hydrogen (secondary N) is 1. The SMILES string of the molecule is Cc1cc(CNC(C)C)nc(Cc2cccnc2)n1. The van der Waals surface area contributed by atoms with Crippen LogP contribution in [-0.2, 0) is 13.0 Å². The monoisotopic (exact) mass is 256 g/mol. The number of hydrogen-bond acceptors (Lipinski definition) is 4. The molecular weight excluding hydrogens is 236 g/mol. The van der Waals surface area contributed by atoms with E-state index in [0.717, 1.165) is 35.7 Å². The second kappa shape index (κ2) is 6.38. The van der Waals surface area contributed by atoms with Crippen LogP contribution < -0.4 is 5.32 Å². The molecule has 2 aromatic rings. The molecule has 4 heteroatoms. The van der Waals surface area contributed by atoms with Gasteiger partial charge >= 0.3 is 0 Å². The molecule has 0 fully saturated rings. The van der Waals surface area contributed by atoms with Crippen LogP contribution in [0.1, 0.15) is 36.6 Å². The van der Waals surface area contributed by atoms with Crippen LogP contribution in [0.15, 0.2) is 30.6 Å². The lowest BCUT2D eigenvalue weighted by Gasteiger charge is -2.09. The fraction of sp³-hybridized carbons (Fsp3) is 0.400. The first kappa shape index (κ1) is 13.6. The van der Waals surface area contributed by atoms with E-state index in [-0.39, 0.29) is 0 Å². The molecule has 4 nitrogen and oxygen atoms in total. The summed E-state index contributed by atoms with van der Waals surface area (Å²) in [4.78, 5) is 13.2. The van der Waals surface area contributed by atoms with Gasteiger partial charge in [0.15, 0.2) is 0 Å². The molecule has 2 aromatic heterocycles. The van der Waals surface area contributed by atoms with Crippen LogP contribution in [0.4, 0.5) is 0 Å². The van der Waals surface area contributed by atoms with E-state index in [1.54, 1.807) is 6.20 Å². The van der Waals surface area contributed by atoms with Gasteiger partial charge in [-0.25, -0.2) is 9.97 Å². The molecule has 2 rings (SSSR count). The molecule has 0 bridgehead atoms. The van der Waals surface area contributed by atoms with E-state index in [1.165, 1.54) is 0 Å². The standard InChI is InChI=1S/C15H20N4/c1-11(2)17-10-14-7-12(3)18-15(19-14)8-13-5-4-6-16-9-13/h4-7,9,11,17H,8,10H2,1-3H3. The predicted octanol–water partition coefficient (Wildman–Crippen LogP) is 2.27. The highest BCUT2D eigenvalue weighted by Gasteiger charge is 2.04. The predicted molar refractivity (Wildman–Crippen MR) is 75.8 cm³/mol. The van der Waals surface area contributed by atoms with Crippen LogP contribution in [0.25, 0.3) is 0 Å². The lowest BCUT2D eigenvalue weighted by molar-refractivity contribution is 0.578. The number of aryl methyl sites for hydroxylation is 1. The van der Waals surface area contributed by atoms with Crippen molar-refractivity contribution in [2.75, 3.05) is 0 Å². The maximum atomic E-state index is 4.60. The molecule has 0 radical (unpaired) electrons. The molecule has 0 unspecified atom stereocenters. The Morgan fingerprint density at radius 3 is 2.79 bits per heavy atom. The van der Waals surface area contributed by atoms with Gasteiger partial charge in [0.25, 0.3) is 0 Å². The third-order valence-corrected chi connectivity index (χ3v) is 2.73. The normalized spacial score (nSPS) is 10.9. The summed E-state index contributed by atoms with van der Waals surface area (Å²) in [6, 6.07) is 6.47. The highest BCUT2D eigenvalue weighted by atomic mass is 14.9. The molecular formula is C15H20N4. The minimum absolute atomic E-state index is 0.456. The average molecular weight is 256 g/mol. The first-order valence-electron chi connectivity index (χ1n) is 6.59. The first-order chi connectivity index (χ1) is 9.13. The van der Waals surface area contributed by atoms with Crippen molar-refractivity contribution < 1.29 is 0 Å². The smallest absolute Gasteiger partial charge is 0.133 e. The van der Waals surface area contributed by atoms with Crippen LogP contribution in [0.5, 0.6) is 0 Å². The maximum Gasteiger partial charge on any atom is 0.133 e. The summed E-state index contributed by atoms with van der Waals surface area (Å²) in [7, 11) is 0. The minimum atomic E-state index is 0.456. The van der Waals surface area contributed by atoms with Gasteiger partial charge in [-0.15, -0.1) is 0 Å². The average Bonchev–Trinajstić information content (AvgIpc) is 2.37. The lowest BCUT2D eigenvalue weighted by atomic mass is 10.2. The van der Waals surface area contributed by atoms with E-state index in [0.29, 0.717) is 6.04 Å². The second-order valence-electron chi connectivity index (χ2n) is 4.99. The summed E-state index contributed by atoms with van der Waals surface area (Å²) in [5.74, 6) is 0.855. The Morgan fingerprint density at radius 1 is 1.26 bits per heavy atom.